The molecule has 0 amide bonds. The van der Waals surface area contributed by atoms with Crippen molar-refractivity contribution in [3.8, 4) is 0 Å². The molecule has 0 saturated carbocycles. The highest BCUT2D eigenvalue weighted by Crippen LogP contribution is 2.28. The Morgan fingerprint density at radius 2 is 2.19 bits per heavy atom. The molecule has 4 heterocycles. The highest BCUT2D eigenvalue weighted by atomic mass is 15.6. The number of piperidine rings is 1. The molecule has 0 aromatic carbocycles. The Balaban J connectivity index is 1.51. The van der Waals surface area contributed by atoms with Crippen LogP contribution in [0, 0.1) is 0 Å². The lowest BCUT2D eigenvalue weighted by atomic mass is 10.0. The summed E-state index contributed by atoms with van der Waals surface area (Å²) in [6, 6.07) is 2.56. The van der Waals surface area contributed by atoms with Gasteiger partial charge >= 0.3 is 0 Å². The quantitative estimate of drug-likeness (QED) is 0.848. The smallest absolute Gasteiger partial charge is 0.157 e. The molecule has 2 aliphatic heterocycles. The normalized spacial score (nSPS) is 20.2. The van der Waals surface area contributed by atoms with Gasteiger partial charge in [-0.2, -0.15) is 0 Å². The number of anilines is 2. The van der Waals surface area contributed by atoms with E-state index in [1.54, 1.807) is 23.4 Å². The zero-order chi connectivity index (χ0) is 18.8. The highest BCUT2D eigenvalue weighted by Gasteiger charge is 2.26. The summed E-state index contributed by atoms with van der Waals surface area (Å²) in [7, 11) is 2.19. The topological polar surface area (TPSA) is 78.2 Å². The van der Waals surface area contributed by atoms with E-state index in [1.807, 2.05) is 17.3 Å². The van der Waals surface area contributed by atoms with Gasteiger partial charge in [0.1, 0.15) is 17.8 Å². The zero-order valence-corrected chi connectivity index (χ0v) is 15.8. The molecule has 2 aliphatic rings. The summed E-state index contributed by atoms with van der Waals surface area (Å²) in [6.07, 6.45) is 9.27. The number of nitrogens with one attached hydrogen (secondary N) is 1. The molecule has 142 valence electrons. The third kappa shape index (κ3) is 3.37. The fourth-order valence-electron chi connectivity index (χ4n) is 3.55. The summed E-state index contributed by atoms with van der Waals surface area (Å²) < 4.78 is 1.67. The SMILES string of the molecule is C=C1C(n2ccnn2)=CNN1c1cc(N2CCCC(N(C)CC)C2)ncn1. The van der Waals surface area contributed by atoms with Crippen molar-refractivity contribution in [3.05, 3.63) is 43.3 Å². The average Bonchev–Trinajstić information content (AvgIpc) is 3.37. The van der Waals surface area contributed by atoms with Crippen LogP contribution in [0.3, 0.4) is 0 Å². The van der Waals surface area contributed by atoms with Crippen molar-refractivity contribution in [2.75, 3.05) is 36.6 Å². The van der Waals surface area contributed by atoms with Gasteiger partial charge in [-0.15, -0.1) is 5.10 Å². The van der Waals surface area contributed by atoms with Gasteiger partial charge in [0.05, 0.1) is 18.1 Å². The number of hydrogen-bond donors (Lipinski definition) is 1. The van der Waals surface area contributed by atoms with E-state index >= 15 is 0 Å². The minimum atomic E-state index is 0.558. The van der Waals surface area contributed by atoms with Gasteiger partial charge in [-0.05, 0) is 26.4 Å². The van der Waals surface area contributed by atoms with Gasteiger partial charge in [0.15, 0.2) is 5.82 Å². The molecular formula is C18H25N9. The van der Waals surface area contributed by atoms with Crippen LogP contribution in [-0.4, -0.2) is 62.6 Å². The first kappa shape index (κ1) is 17.5. The number of likely N-dealkylation sites (N-methyl/N-ethyl adjacent to an activating group) is 1. The number of allylic oxidation sites excluding steroid dienone is 1. The Morgan fingerprint density at radius 3 is 2.96 bits per heavy atom. The molecule has 4 rings (SSSR count). The molecule has 9 nitrogen and oxygen atoms in total. The Labute approximate surface area is 159 Å². The second-order valence-electron chi connectivity index (χ2n) is 6.84. The standard InChI is InChI=1S/C18H25N9/c1-4-24(3)15-6-5-8-25(12-15)17-10-18(20-13-19-17)27-14(2)16(11-22-27)26-9-7-21-23-26/h7,9-11,13,15,22H,2,4-6,8,12H2,1,3H3. The minimum absolute atomic E-state index is 0.558. The number of hydrazine groups is 1. The van der Waals surface area contributed by atoms with E-state index in [2.05, 4.69) is 56.1 Å². The van der Waals surface area contributed by atoms with Gasteiger partial charge in [-0.3, -0.25) is 5.43 Å². The van der Waals surface area contributed by atoms with E-state index in [0.717, 1.165) is 42.7 Å². The first-order chi connectivity index (χ1) is 13.2. The molecule has 0 aliphatic carbocycles. The van der Waals surface area contributed by atoms with E-state index in [0.29, 0.717) is 6.04 Å². The number of hydrogen-bond acceptors (Lipinski definition) is 8. The average molecular weight is 367 g/mol. The third-order valence-electron chi connectivity index (χ3n) is 5.28. The molecule has 1 atom stereocenters. The summed E-state index contributed by atoms with van der Waals surface area (Å²) in [5.41, 5.74) is 4.78. The van der Waals surface area contributed by atoms with Crippen LogP contribution in [0.4, 0.5) is 11.6 Å². The predicted octanol–water partition coefficient (Wildman–Crippen LogP) is 1.33. The number of rotatable bonds is 5. The number of aromatic nitrogens is 5. The van der Waals surface area contributed by atoms with E-state index in [4.69, 9.17) is 0 Å². The summed E-state index contributed by atoms with van der Waals surface area (Å²) in [4.78, 5) is 13.7. The van der Waals surface area contributed by atoms with Crippen LogP contribution in [-0.2, 0) is 0 Å². The van der Waals surface area contributed by atoms with E-state index in [9.17, 15) is 0 Å². The summed E-state index contributed by atoms with van der Waals surface area (Å²) in [5, 5.41) is 9.71. The Kier molecular flexibility index (Phi) is 4.76. The van der Waals surface area contributed by atoms with E-state index in [1.165, 1.54) is 12.8 Å². The molecular weight excluding hydrogens is 342 g/mol. The summed E-state index contributed by atoms with van der Waals surface area (Å²) in [6.45, 7) is 9.42. The first-order valence-corrected chi connectivity index (χ1v) is 9.27. The van der Waals surface area contributed by atoms with Gasteiger partial charge in [-0.1, -0.05) is 18.7 Å². The molecule has 0 bridgehead atoms. The van der Waals surface area contributed by atoms with Gasteiger partial charge in [0, 0.05) is 31.4 Å². The van der Waals surface area contributed by atoms with Crippen LogP contribution in [0.1, 0.15) is 19.8 Å². The zero-order valence-electron chi connectivity index (χ0n) is 15.8. The molecule has 1 unspecified atom stereocenters. The Morgan fingerprint density at radius 1 is 1.33 bits per heavy atom. The fourth-order valence-corrected chi connectivity index (χ4v) is 3.55. The Hall–Kier alpha value is -2.94. The van der Waals surface area contributed by atoms with Crippen LogP contribution in [0.15, 0.2) is 43.3 Å². The first-order valence-electron chi connectivity index (χ1n) is 9.27. The summed E-state index contributed by atoms with van der Waals surface area (Å²) in [5.74, 6) is 1.69. The van der Waals surface area contributed by atoms with Gasteiger partial charge < -0.3 is 9.80 Å². The molecule has 1 saturated heterocycles. The van der Waals surface area contributed by atoms with E-state index < -0.39 is 0 Å². The molecule has 0 spiro atoms. The van der Waals surface area contributed by atoms with Crippen LogP contribution in [0.25, 0.3) is 5.70 Å². The molecule has 2 aromatic rings. The largest absolute Gasteiger partial charge is 0.355 e. The van der Waals surface area contributed by atoms with Gasteiger partial charge in [-0.25, -0.2) is 19.7 Å². The van der Waals surface area contributed by atoms with Crippen molar-refractivity contribution in [1.29, 1.82) is 0 Å². The second kappa shape index (κ2) is 7.36. The lowest BCUT2D eigenvalue weighted by Gasteiger charge is -2.38. The highest BCUT2D eigenvalue weighted by molar-refractivity contribution is 5.73. The predicted molar refractivity (Wildman–Crippen MR) is 105 cm³/mol. The van der Waals surface area contributed by atoms with Crippen molar-refractivity contribution in [1.82, 2.24) is 35.3 Å². The van der Waals surface area contributed by atoms with Gasteiger partial charge in [0.2, 0.25) is 0 Å². The van der Waals surface area contributed by atoms with Crippen molar-refractivity contribution in [2.45, 2.75) is 25.8 Å². The molecule has 1 N–H and O–H groups in total. The lowest BCUT2D eigenvalue weighted by molar-refractivity contribution is 0.225. The van der Waals surface area contributed by atoms with Crippen molar-refractivity contribution in [2.24, 2.45) is 0 Å². The molecule has 0 radical (unpaired) electrons. The fraction of sp³-hybridized carbons (Fsp3) is 0.444. The second-order valence-corrected chi connectivity index (χ2v) is 6.84. The Bertz CT molecular complexity index is 829. The van der Waals surface area contributed by atoms with Gasteiger partial charge in [0.25, 0.3) is 0 Å². The van der Waals surface area contributed by atoms with Crippen LogP contribution >= 0.6 is 0 Å². The minimum Gasteiger partial charge on any atom is -0.355 e. The lowest BCUT2D eigenvalue weighted by Crippen LogP contribution is -2.46. The maximum atomic E-state index is 4.52. The van der Waals surface area contributed by atoms with Crippen molar-refractivity contribution < 1.29 is 0 Å². The molecule has 2 aromatic heterocycles. The molecule has 27 heavy (non-hydrogen) atoms. The van der Waals surface area contributed by atoms with Crippen LogP contribution in [0.2, 0.25) is 0 Å². The summed E-state index contributed by atoms with van der Waals surface area (Å²) >= 11 is 0. The monoisotopic (exact) mass is 367 g/mol. The molecule has 9 heteroatoms. The van der Waals surface area contributed by atoms with Crippen molar-refractivity contribution in [3.63, 3.8) is 0 Å². The van der Waals surface area contributed by atoms with Crippen LogP contribution < -0.4 is 15.3 Å². The van der Waals surface area contributed by atoms with E-state index in [-0.39, 0.29) is 0 Å². The third-order valence-corrected chi connectivity index (χ3v) is 5.28. The van der Waals surface area contributed by atoms with Crippen LogP contribution in [0.5, 0.6) is 0 Å². The maximum Gasteiger partial charge on any atom is 0.157 e. The van der Waals surface area contributed by atoms with Crippen molar-refractivity contribution >= 4 is 17.3 Å². The maximum absolute atomic E-state index is 4.52. The number of nitrogens with zero attached hydrogens (tertiary/aromatic N) is 8. The molecule has 1 fully saturated rings.